The van der Waals surface area contributed by atoms with Crippen LogP contribution in [0.1, 0.15) is 32.1 Å². The first kappa shape index (κ1) is 10.8. The monoisotopic (exact) mass is 204 g/mol. The number of hydrogen-bond donors (Lipinski definition) is 2. The number of nitrogens with one attached hydrogen (secondary N) is 2. The Hall–Kier alpha value is -0.280. The topological polar surface area (TPSA) is 41.1 Å². The van der Waals surface area contributed by atoms with Crippen LogP contribution in [0.15, 0.2) is 0 Å². The highest BCUT2D eigenvalue weighted by molar-refractivity contribution is 5.87. The normalized spacial score (nSPS) is 33.7. The number of piperidine rings is 2. The molecule has 2 rings (SSSR count). The van der Waals surface area contributed by atoms with Gasteiger partial charge in [0.2, 0.25) is 5.91 Å². The molecule has 0 bridgehead atoms. The summed E-state index contributed by atoms with van der Waals surface area (Å²) in [6, 6.07) is 0. The molecule has 0 aromatic carbocycles. The van der Waals surface area contributed by atoms with E-state index < -0.39 is 0 Å². The molecule has 2 fully saturated rings. The number of amides is 1. The third-order valence-electron chi connectivity index (χ3n) is 2.99. The molecule has 1 spiro atoms. The molecule has 2 heterocycles. The molecule has 0 saturated carbocycles. The lowest BCUT2D eigenvalue weighted by Gasteiger charge is -2.39. The Morgan fingerprint density at radius 3 is 2.46 bits per heavy atom. The highest BCUT2D eigenvalue weighted by Gasteiger charge is 2.40. The maximum absolute atomic E-state index is 11.6. The Labute approximate surface area is 85.1 Å². The van der Waals surface area contributed by atoms with Gasteiger partial charge in [0.15, 0.2) is 0 Å². The molecule has 3 nitrogen and oxygen atoms in total. The molecular weight excluding hydrogens is 188 g/mol. The average molecular weight is 205 g/mol. The molecule has 1 amide bonds. The standard InChI is InChI=1S/C9H16N2O.ClH/c12-8-9(5-3-6-10-8)4-1-2-7-11-9;/h11H,1-7H2,(H,10,12);1H. The minimum atomic E-state index is -0.184. The van der Waals surface area contributed by atoms with E-state index in [1.165, 1.54) is 12.8 Å². The van der Waals surface area contributed by atoms with Crippen molar-refractivity contribution in [3.63, 3.8) is 0 Å². The molecule has 2 saturated heterocycles. The Bertz CT molecular complexity index is 182. The van der Waals surface area contributed by atoms with Gasteiger partial charge in [-0.25, -0.2) is 0 Å². The Morgan fingerprint density at radius 1 is 1.08 bits per heavy atom. The average Bonchev–Trinajstić information content (AvgIpc) is 2.12. The molecule has 0 aliphatic carbocycles. The summed E-state index contributed by atoms with van der Waals surface area (Å²) < 4.78 is 0. The zero-order valence-electron chi connectivity index (χ0n) is 7.77. The molecule has 0 radical (unpaired) electrons. The fraction of sp³-hybridized carbons (Fsp3) is 0.889. The van der Waals surface area contributed by atoms with Crippen LogP contribution < -0.4 is 10.6 Å². The summed E-state index contributed by atoms with van der Waals surface area (Å²) in [6.07, 6.45) is 5.59. The summed E-state index contributed by atoms with van der Waals surface area (Å²) in [5.74, 6) is 0.230. The zero-order chi connectivity index (χ0) is 8.44. The molecule has 0 aromatic rings. The van der Waals surface area contributed by atoms with Gasteiger partial charge in [-0.1, -0.05) is 0 Å². The van der Waals surface area contributed by atoms with Crippen molar-refractivity contribution in [2.24, 2.45) is 0 Å². The van der Waals surface area contributed by atoms with Gasteiger partial charge >= 0.3 is 0 Å². The third-order valence-corrected chi connectivity index (χ3v) is 2.99. The van der Waals surface area contributed by atoms with Crippen LogP contribution >= 0.6 is 12.4 Å². The summed E-state index contributed by atoms with van der Waals surface area (Å²) in [4.78, 5) is 11.6. The van der Waals surface area contributed by atoms with Gasteiger partial charge < -0.3 is 10.6 Å². The van der Waals surface area contributed by atoms with Crippen molar-refractivity contribution in [3.05, 3.63) is 0 Å². The molecule has 13 heavy (non-hydrogen) atoms. The Balaban J connectivity index is 0.000000845. The second-order valence-electron chi connectivity index (χ2n) is 3.83. The van der Waals surface area contributed by atoms with Gasteiger partial charge in [-0.3, -0.25) is 4.79 Å². The minimum Gasteiger partial charge on any atom is -0.354 e. The molecule has 4 heteroatoms. The maximum Gasteiger partial charge on any atom is 0.240 e. The smallest absolute Gasteiger partial charge is 0.240 e. The van der Waals surface area contributed by atoms with E-state index in [9.17, 15) is 4.79 Å². The SMILES string of the molecule is Cl.O=C1NCCCC12CCCCN2. The molecule has 2 aliphatic rings. The summed E-state index contributed by atoms with van der Waals surface area (Å²) in [7, 11) is 0. The van der Waals surface area contributed by atoms with E-state index in [2.05, 4.69) is 10.6 Å². The van der Waals surface area contributed by atoms with E-state index >= 15 is 0 Å². The summed E-state index contributed by atoms with van der Waals surface area (Å²) in [6.45, 7) is 1.87. The largest absolute Gasteiger partial charge is 0.354 e. The van der Waals surface area contributed by atoms with Gasteiger partial charge in [0.25, 0.3) is 0 Å². The predicted octanol–water partition coefficient (Wildman–Crippen LogP) is 0.830. The summed E-state index contributed by atoms with van der Waals surface area (Å²) >= 11 is 0. The molecule has 76 valence electrons. The third kappa shape index (κ3) is 1.97. The van der Waals surface area contributed by atoms with E-state index in [1.807, 2.05) is 0 Å². The number of halogens is 1. The van der Waals surface area contributed by atoms with Crippen molar-refractivity contribution in [3.8, 4) is 0 Å². The lowest BCUT2D eigenvalue weighted by atomic mass is 9.82. The van der Waals surface area contributed by atoms with Gasteiger partial charge in [0.1, 0.15) is 0 Å². The molecule has 0 aromatic heterocycles. The van der Waals surface area contributed by atoms with Crippen molar-refractivity contribution in [1.29, 1.82) is 0 Å². The van der Waals surface area contributed by atoms with E-state index in [0.29, 0.717) is 0 Å². The maximum atomic E-state index is 11.6. The Morgan fingerprint density at radius 2 is 1.85 bits per heavy atom. The molecule has 2 aliphatic heterocycles. The van der Waals surface area contributed by atoms with Crippen molar-refractivity contribution >= 4 is 18.3 Å². The van der Waals surface area contributed by atoms with Crippen LogP contribution in [0.4, 0.5) is 0 Å². The number of carbonyl (C=O) groups is 1. The zero-order valence-corrected chi connectivity index (χ0v) is 8.58. The van der Waals surface area contributed by atoms with Crippen LogP contribution in [-0.2, 0) is 4.79 Å². The predicted molar refractivity (Wildman–Crippen MR) is 54.1 cm³/mol. The lowest BCUT2D eigenvalue weighted by molar-refractivity contribution is -0.130. The Kier molecular flexibility index (Phi) is 3.56. The van der Waals surface area contributed by atoms with E-state index in [0.717, 1.165) is 32.4 Å². The number of rotatable bonds is 0. The highest BCUT2D eigenvalue weighted by Crippen LogP contribution is 2.26. The van der Waals surface area contributed by atoms with Gasteiger partial charge in [-0.15, -0.1) is 12.4 Å². The van der Waals surface area contributed by atoms with Crippen molar-refractivity contribution in [1.82, 2.24) is 10.6 Å². The van der Waals surface area contributed by atoms with Crippen LogP contribution in [0.2, 0.25) is 0 Å². The molecule has 1 unspecified atom stereocenters. The van der Waals surface area contributed by atoms with Crippen molar-refractivity contribution < 1.29 is 4.79 Å². The van der Waals surface area contributed by atoms with E-state index in [4.69, 9.17) is 0 Å². The summed E-state index contributed by atoms with van der Waals surface area (Å²) in [5, 5.41) is 6.31. The fourth-order valence-electron chi connectivity index (χ4n) is 2.25. The van der Waals surface area contributed by atoms with Gasteiger partial charge in [-0.05, 0) is 38.6 Å². The first-order chi connectivity index (χ1) is 5.83. The highest BCUT2D eigenvalue weighted by atomic mass is 35.5. The summed E-state index contributed by atoms with van der Waals surface area (Å²) in [5.41, 5.74) is -0.184. The molecule has 2 N–H and O–H groups in total. The van der Waals surface area contributed by atoms with Crippen LogP contribution in [-0.4, -0.2) is 24.5 Å². The second-order valence-corrected chi connectivity index (χ2v) is 3.83. The van der Waals surface area contributed by atoms with Crippen molar-refractivity contribution in [2.75, 3.05) is 13.1 Å². The lowest BCUT2D eigenvalue weighted by Crippen LogP contribution is -2.61. The number of hydrogen-bond acceptors (Lipinski definition) is 2. The van der Waals surface area contributed by atoms with Gasteiger partial charge in [0.05, 0.1) is 5.54 Å². The second kappa shape index (κ2) is 4.29. The molecular formula is C9H17ClN2O. The van der Waals surface area contributed by atoms with E-state index in [1.54, 1.807) is 0 Å². The van der Waals surface area contributed by atoms with Gasteiger partial charge in [-0.2, -0.15) is 0 Å². The minimum absolute atomic E-state index is 0. The number of carbonyl (C=O) groups excluding carboxylic acids is 1. The molecule has 1 atom stereocenters. The van der Waals surface area contributed by atoms with Crippen molar-refractivity contribution in [2.45, 2.75) is 37.6 Å². The first-order valence-corrected chi connectivity index (χ1v) is 4.87. The van der Waals surface area contributed by atoms with Crippen LogP contribution in [0.3, 0.4) is 0 Å². The van der Waals surface area contributed by atoms with Crippen LogP contribution in [0.5, 0.6) is 0 Å². The van der Waals surface area contributed by atoms with Gasteiger partial charge in [0, 0.05) is 6.54 Å². The van der Waals surface area contributed by atoms with E-state index in [-0.39, 0.29) is 23.9 Å². The van der Waals surface area contributed by atoms with Crippen LogP contribution in [0.25, 0.3) is 0 Å². The fourth-order valence-corrected chi connectivity index (χ4v) is 2.25. The van der Waals surface area contributed by atoms with Crippen LogP contribution in [0, 0.1) is 0 Å². The first-order valence-electron chi connectivity index (χ1n) is 4.87. The quantitative estimate of drug-likeness (QED) is 0.614.